The molecular weight excluding hydrogens is 212 g/mol. The van der Waals surface area contributed by atoms with E-state index in [0.717, 1.165) is 12.1 Å². The first-order valence-corrected chi connectivity index (χ1v) is 5.23. The molecule has 16 heavy (non-hydrogen) atoms. The van der Waals surface area contributed by atoms with Gasteiger partial charge in [0.15, 0.2) is 12.6 Å². The number of aliphatic hydroxyl groups is 1. The van der Waals surface area contributed by atoms with Gasteiger partial charge < -0.3 is 20.1 Å². The largest absolute Gasteiger partial charge is 0.399 e. The van der Waals surface area contributed by atoms with Crippen molar-refractivity contribution in [1.82, 2.24) is 10.4 Å². The normalized spacial score (nSPS) is 32.2. The Morgan fingerprint density at radius 2 is 2.69 bits per heavy atom. The van der Waals surface area contributed by atoms with Crippen molar-refractivity contribution in [3.63, 3.8) is 0 Å². The molecule has 0 aromatic heterocycles. The van der Waals surface area contributed by atoms with Crippen LogP contribution < -0.4 is 5.32 Å². The minimum atomic E-state index is -0.100. The third-order valence-corrected chi connectivity index (χ3v) is 2.62. The number of β-amino-alcohol motifs (C(OH)–C–C–N with tert-alkyl or cyclic N) is 1. The molecule has 90 valence electrons. The quantitative estimate of drug-likeness (QED) is 0.600. The highest BCUT2D eigenvalue weighted by Crippen LogP contribution is 2.18. The Labute approximate surface area is 93.7 Å². The van der Waals surface area contributed by atoms with Crippen LogP contribution in [0.4, 0.5) is 0 Å². The zero-order valence-corrected chi connectivity index (χ0v) is 9.17. The molecule has 0 aromatic carbocycles. The van der Waals surface area contributed by atoms with Crippen LogP contribution in [0.3, 0.4) is 0 Å². The number of hydroxylamine groups is 2. The molecule has 7 nitrogen and oxygen atoms in total. The molecule has 0 amide bonds. The number of nitrogens with zero attached hydrogens (tertiary/aromatic N) is 3. The Morgan fingerprint density at radius 1 is 1.81 bits per heavy atom. The number of hydrogen-bond donors (Lipinski definition) is 2. The molecule has 2 aliphatic heterocycles. The maximum Gasteiger partial charge on any atom is 0.198 e. The topological polar surface area (TPSA) is 78.7 Å². The summed E-state index contributed by atoms with van der Waals surface area (Å²) < 4.78 is 0. The fraction of sp³-hybridized carbons (Fsp3) is 0.778. The lowest BCUT2D eigenvalue weighted by Crippen LogP contribution is -2.44. The summed E-state index contributed by atoms with van der Waals surface area (Å²) in [6.45, 7) is 1.20. The third-order valence-electron chi connectivity index (χ3n) is 2.62. The zero-order valence-electron chi connectivity index (χ0n) is 9.17. The van der Waals surface area contributed by atoms with Crippen LogP contribution in [0.15, 0.2) is 10.1 Å². The predicted octanol–water partition coefficient (Wildman–Crippen LogP) is -1.06. The van der Waals surface area contributed by atoms with E-state index in [-0.39, 0.29) is 18.8 Å². The van der Waals surface area contributed by atoms with E-state index < -0.39 is 0 Å². The number of hydrogen-bond acceptors (Lipinski definition) is 7. The summed E-state index contributed by atoms with van der Waals surface area (Å²) in [5.74, 6) is 0. The lowest BCUT2D eigenvalue weighted by Gasteiger charge is -2.24. The fourth-order valence-electron chi connectivity index (χ4n) is 1.93. The van der Waals surface area contributed by atoms with Crippen molar-refractivity contribution in [3.05, 3.63) is 0 Å². The van der Waals surface area contributed by atoms with Gasteiger partial charge >= 0.3 is 0 Å². The van der Waals surface area contributed by atoms with E-state index in [0.29, 0.717) is 13.1 Å². The minimum absolute atomic E-state index is 0.0472. The smallest absolute Gasteiger partial charge is 0.198 e. The van der Waals surface area contributed by atoms with Gasteiger partial charge in [0.2, 0.25) is 0 Å². The van der Waals surface area contributed by atoms with Crippen LogP contribution in [0.5, 0.6) is 0 Å². The summed E-state index contributed by atoms with van der Waals surface area (Å²) >= 11 is 0. The van der Waals surface area contributed by atoms with Crippen LogP contribution in [0.2, 0.25) is 0 Å². The molecular formula is C9H16N4O3. The maximum atomic E-state index is 8.88. The molecule has 2 heterocycles. The molecule has 0 aromatic rings. The number of aliphatic imine (C=N–C) groups is 1. The van der Waals surface area contributed by atoms with Gasteiger partial charge in [-0.3, -0.25) is 0 Å². The Hall–Kier alpha value is -1.18. The third kappa shape index (κ3) is 2.31. The van der Waals surface area contributed by atoms with E-state index in [2.05, 4.69) is 15.5 Å². The summed E-state index contributed by atoms with van der Waals surface area (Å²) in [6, 6.07) is 0.152. The predicted molar refractivity (Wildman–Crippen MR) is 58.0 cm³/mol. The second-order valence-corrected chi connectivity index (χ2v) is 3.67. The van der Waals surface area contributed by atoms with E-state index in [4.69, 9.17) is 14.8 Å². The van der Waals surface area contributed by atoms with E-state index in [1.165, 1.54) is 13.5 Å². The molecule has 1 saturated heterocycles. The highest BCUT2D eigenvalue weighted by Gasteiger charge is 2.35. The van der Waals surface area contributed by atoms with Gasteiger partial charge in [0.05, 0.1) is 24.9 Å². The molecule has 1 fully saturated rings. The highest BCUT2D eigenvalue weighted by atomic mass is 16.7. The summed E-state index contributed by atoms with van der Waals surface area (Å²) in [7, 11) is 1.54. The van der Waals surface area contributed by atoms with Crippen molar-refractivity contribution in [2.45, 2.75) is 18.6 Å². The summed E-state index contributed by atoms with van der Waals surface area (Å²) in [5, 5.41) is 17.7. The summed E-state index contributed by atoms with van der Waals surface area (Å²) in [6.07, 6.45) is 2.09. The number of oxime groups is 1. The Kier molecular flexibility index (Phi) is 3.70. The van der Waals surface area contributed by atoms with Crippen LogP contribution in [0.1, 0.15) is 6.42 Å². The molecule has 2 unspecified atom stereocenters. The van der Waals surface area contributed by atoms with Gasteiger partial charge in [-0.05, 0) is 0 Å². The Bertz CT molecular complexity index is 294. The molecule has 2 atom stereocenters. The molecule has 0 radical (unpaired) electrons. The fourth-order valence-corrected chi connectivity index (χ4v) is 1.93. The lowest BCUT2D eigenvalue weighted by atomic mass is 10.1. The van der Waals surface area contributed by atoms with Gasteiger partial charge in [0.25, 0.3) is 0 Å². The molecule has 0 aliphatic carbocycles. The van der Waals surface area contributed by atoms with Gasteiger partial charge in [0.1, 0.15) is 7.11 Å². The molecule has 7 heteroatoms. The van der Waals surface area contributed by atoms with Crippen molar-refractivity contribution in [3.8, 4) is 0 Å². The van der Waals surface area contributed by atoms with Crippen molar-refractivity contribution in [2.24, 2.45) is 10.1 Å². The molecule has 2 N–H and O–H groups in total. The first kappa shape index (κ1) is 11.3. The SMILES string of the molecule is CON=C1CNC(C2N=CON2CCO)C1. The molecule has 2 aliphatic rings. The van der Waals surface area contributed by atoms with Crippen LogP contribution >= 0.6 is 0 Å². The summed E-state index contributed by atoms with van der Waals surface area (Å²) in [5.41, 5.74) is 0.971. The zero-order chi connectivity index (χ0) is 11.4. The molecule has 0 bridgehead atoms. The Balaban J connectivity index is 1.93. The average molecular weight is 228 g/mol. The van der Waals surface area contributed by atoms with Gasteiger partial charge in [-0.15, -0.1) is 5.06 Å². The number of nitrogens with one attached hydrogen (secondary N) is 1. The first-order chi connectivity index (χ1) is 7.85. The lowest BCUT2D eigenvalue weighted by molar-refractivity contribution is -0.0937. The average Bonchev–Trinajstić information content (AvgIpc) is 2.87. The molecule has 2 rings (SSSR count). The van der Waals surface area contributed by atoms with Gasteiger partial charge in [0, 0.05) is 13.0 Å². The van der Waals surface area contributed by atoms with Crippen molar-refractivity contribution < 1.29 is 14.8 Å². The van der Waals surface area contributed by atoms with Crippen LogP contribution in [0, 0.1) is 0 Å². The van der Waals surface area contributed by atoms with Crippen LogP contribution in [0.25, 0.3) is 0 Å². The monoisotopic (exact) mass is 228 g/mol. The van der Waals surface area contributed by atoms with Crippen LogP contribution in [-0.2, 0) is 9.68 Å². The Morgan fingerprint density at radius 3 is 3.44 bits per heavy atom. The van der Waals surface area contributed by atoms with Crippen molar-refractivity contribution in [1.29, 1.82) is 0 Å². The molecule has 0 saturated carbocycles. The van der Waals surface area contributed by atoms with E-state index in [1.807, 2.05) is 0 Å². The number of aliphatic hydroxyl groups excluding tert-OH is 1. The number of rotatable bonds is 4. The maximum absolute atomic E-state index is 8.88. The van der Waals surface area contributed by atoms with Crippen molar-refractivity contribution in [2.75, 3.05) is 26.8 Å². The summed E-state index contributed by atoms with van der Waals surface area (Å²) in [4.78, 5) is 14.1. The van der Waals surface area contributed by atoms with Gasteiger partial charge in [-0.1, -0.05) is 5.16 Å². The van der Waals surface area contributed by atoms with E-state index >= 15 is 0 Å². The minimum Gasteiger partial charge on any atom is -0.399 e. The standard InChI is InChI=1S/C9H16N4O3/c1-15-12-7-4-8(10-5-7)9-11-6-16-13(9)2-3-14/h6,8-10,14H,2-5H2,1H3. The van der Waals surface area contributed by atoms with Crippen molar-refractivity contribution >= 4 is 12.1 Å². The second-order valence-electron chi connectivity index (χ2n) is 3.67. The van der Waals surface area contributed by atoms with E-state index in [1.54, 1.807) is 5.06 Å². The second kappa shape index (κ2) is 5.24. The first-order valence-electron chi connectivity index (χ1n) is 5.23. The van der Waals surface area contributed by atoms with E-state index in [9.17, 15) is 0 Å². The molecule has 0 spiro atoms. The van der Waals surface area contributed by atoms with Gasteiger partial charge in [-0.2, -0.15) is 0 Å². The highest BCUT2D eigenvalue weighted by molar-refractivity contribution is 5.88. The van der Waals surface area contributed by atoms with Crippen LogP contribution in [-0.4, -0.2) is 61.3 Å². The van der Waals surface area contributed by atoms with Gasteiger partial charge in [-0.25, -0.2) is 4.99 Å².